The van der Waals surface area contributed by atoms with E-state index in [1.165, 1.54) is 6.42 Å². The van der Waals surface area contributed by atoms with Crippen LogP contribution in [0, 0.1) is 0 Å². The molecule has 1 aliphatic heterocycles. The van der Waals surface area contributed by atoms with Gasteiger partial charge in [0.25, 0.3) is 0 Å². The van der Waals surface area contributed by atoms with E-state index in [2.05, 4.69) is 26.1 Å². The minimum absolute atomic E-state index is 0. The number of benzene rings is 1. The second-order valence-corrected chi connectivity index (χ2v) is 8.23. The third-order valence-corrected chi connectivity index (χ3v) is 6.00. The molecule has 0 saturated carbocycles. The molecule has 0 amide bonds. The summed E-state index contributed by atoms with van der Waals surface area (Å²) in [6.45, 7) is 2.54. The van der Waals surface area contributed by atoms with Gasteiger partial charge < -0.3 is 10.2 Å². The Bertz CT molecular complexity index is 536. The van der Waals surface area contributed by atoms with Gasteiger partial charge in [-0.25, -0.2) is 8.42 Å². The number of likely N-dealkylation sites (tertiary alicyclic amines) is 1. The molecule has 1 N–H and O–H groups in total. The van der Waals surface area contributed by atoms with Crippen LogP contribution in [0.1, 0.15) is 12.8 Å². The first-order chi connectivity index (χ1) is 9.51. The monoisotopic (exact) mass is 396 g/mol. The van der Waals surface area contributed by atoms with Gasteiger partial charge in [0.1, 0.15) is 0 Å². The lowest BCUT2D eigenvalue weighted by Gasteiger charge is -2.32. The molecule has 1 heterocycles. The lowest BCUT2D eigenvalue weighted by Crippen LogP contribution is -2.45. The number of nitrogens with one attached hydrogen (secondary N) is 1. The van der Waals surface area contributed by atoms with Crippen LogP contribution >= 0.6 is 28.3 Å². The van der Waals surface area contributed by atoms with Crippen LogP contribution in [0.3, 0.4) is 0 Å². The Kier molecular flexibility index (Phi) is 7.64. The van der Waals surface area contributed by atoms with Gasteiger partial charge in [0.15, 0.2) is 9.84 Å². The summed E-state index contributed by atoms with van der Waals surface area (Å²) in [6.07, 6.45) is 2.30. The Labute approximate surface area is 141 Å². The van der Waals surface area contributed by atoms with Gasteiger partial charge in [0.05, 0.1) is 10.6 Å². The molecule has 120 valence electrons. The van der Waals surface area contributed by atoms with Gasteiger partial charge in [-0.1, -0.05) is 15.9 Å². The summed E-state index contributed by atoms with van der Waals surface area (Å²) in [6, 6.07) is 7.34. The maximum absolute atomic E-state index is 12.3. The van der Waals surface area contributed by atoms with Gasteiger partial charge in [-0.15, -0.1) is 12.4 Å². The molecule has 1 unspecified atom stereocenters. The number of piperidine rings is 1. The predicted octanol–water partition coefficient (Wildman–Crippen LogP) is 2.33. The first-order valence-corrected chi connectivity index (χ1v) is 9.34. The van der Waals surface area contributed by atoms with E-state index in [-0.39, 0.29) is 18.2 Å². The molecule has 0 aromatic heterocycles. The molecule has 1 aromatic rings. The van der Waals surface area contributed by atoms with Crippen LogP contribution in [-0.4, -0.2) is 51.8 Å². The molecule has 0 radical (unpaired) electrons. The molecular formula is C14H22BrClN2O2S. The molecule has 7 heteroatoms. The van der Waals surface area contributed by atoms with Crippen LogP contribution in [0.4, 0.5) is 0 Å². The number of nitrogens with zero attached hydrogens (tertiary/aromatic N) is 1. The van der Waals surface area contributed by atoms with Gasteiger partial charge in [-0.3, -0.25) is 0 Å². The summed E-state index contributed by atoms with van der Waals surface area (Å²) in [5, 5.41) is 3.27. The summed E-state index contributed by atoms with van der Waals surface area (Å²) >= 11 is 3.32. The van der Waals surface area contributed by atoms with E-state index < -0.39 is 9.84 Å². The van der Waals surface area contributed by atoms with E-state index in [0.717, 1.165) is 24.0 Å². The minimum atomic E-state index is -3.18. The Morgan fingerprint density at radius 1 is 1.33 bits per heavy atom. The molecule has 0 spiro atoms. The van der Waals surface area contributed by atoms with Crippen molar-refractivity contribution in [3.8, 4) is 0 Å². The van der Waals surface area contributed by atoms with E-state index in [1.807, 2.05) is 7.05 Å². The van der Waals surface area contributed by atoms with Crippen LogP contribution in [-0.2, 0) is 9.84 Å². The second-order valence-electron chi connectivity index (χ2n) is 5.20. The van der Waals surface area contributed by atoms with Crippen LogP contribution < -0.4 is 5.32 Å². The second kappa shape index (κ2) is 8.48. The number of likely N-dealkylation sites (N-methyl/N-ethyl adjacent to an activating group) is 1. The molecule has 2 rings (SSSR count). The molecule has 1 atom stereocenters. The summed E-state index contributed by atoms with van der Waals surface area (Å²) in [7, 11) is -1.22. The number of halogens is 2. The highest BCUT2D eigenvalue weighted by Gasteiger charge is 2.21. The fraction of sp³-hybridized carbons (Fsp3) is 0.571. The Morgan fingerprint density at radius 3 is 2.62 bits per heavy atom. The molecule has 21 heavy (non-hydrogen) atoms. The van der Waals surface area contributed by atoms with Crippen LogP contribution in [0.2, 0.25) is 0 Å². The van der Waals surface area contributed by atoms with Gasteiger partial charge in [0, 0.05) is 23.6 Å². The quantitative estimate of drug-likeness (QED) is 0.828. The standard InChI is InChI=1S/C14H21BrN2O2S.ClH/c1-16-13-3-2-8-17(11-13)9-10-20(18,19)14-6-4-12(15)5-7-14;/h4-7,13,16H,2-3,8-11H2,1H3;1H. The number of hydrogen-bond donors (Lipinski definition) is 1. The molecule has 1 aromatic carbocycles. The molecule has 4 nitrogen and oxygen atoms in total. The average Bonchev–Trinajstić information content (AvgIpc) is 2.46. The molecular weight excluding hydrogens is 376 g/mol. The van der Waals surface area contributed by atoms with Crippen molar-refractivity contribution in [3.05, 3.63) is 28.7 Å². The molecule has 1 aliphatic rings. The average molecular weight is 398 g/mol. The van der Waals surface area contributed by atoms with Gasteiger partial charge in [0.2, 0.25) is 0 Å². The maximum atomic E-state index is 12.3. The number of rotatable bonds is 5. The van der Waals surface area contributed by atoms with Crippen molar-refractivity contribution in [1.29, 1.82) is 0 Å². The smallest absolute Gasteiger partial charge is 0.179 e. The van der Waals surface area contributed by atoms with E-state index in [0.29, 0.717) is 17.5 Å². The Morgan fingerprint density at radius 2 is 2.00 bits per heavy atom. The van der Waals surface area contributed by atoms with Crippen molar-refractivity contribution in [2.75, 3.05) is 32.4 Å². The first kappa shape index (κ1) is 18.9. The third kappa shape index (κ3) is 5.53. The molecule has 1 fully saturated rings. The van der Waals surface area contributed by atoms with Crippen molar-refractivity contribution in [2.45, 2.75) is 23.8 Å². The van der Waals surface area contributed by atoms with E-state index in [1.54, 1.807) is 24.3 Å². The number of sulfone groups is 1. The largest absolute Gasteiger partial charge is 0.316 e. The van der Waals surface area contributed by atoms with Crippen molar-refractivity contribution in [2.24, 2.45) is 0 Å². The summed E-state index contributed by atoms with van der Waals surface area (Å²) < 4.78 is 25.5. The molecule has 0 aliphatic carbocycles. The highest BCUT2D eigenvalue weighted by Crippen LogP contribution is 2.17. The molecule has 1 saturated heterocycles. The zero-order valence-corrected chi connectivity index (χ0v) is 15.3. The van der Waals surface area contributed by atoms with Crippen molar-refractivity contribution >= 4 is 38.2 Å². The molecule has 0 bridgehead atoms. The van der Waals surface area contributed by atoms with Crippen LogP contribution in [0.25, 0.3) is 0 Å². The van der Waals surface area contributed by atoms with Gasteiger partial charge in [-0.05, 0) is 50.7 Å². The minimum Gasteiger partial charge on any atom is -0.316 e. The SMILES string of the molecule is CNC1CCCN(CCS(=O)(=O)c2ccc(Br)cc2)C1.Cl. The predicted molar refractivity (Wildman–Crippen MR) is 92.0 cm³/mol. The Hall–Kier alpha value is -0.140. The van der Waals surface area contributed by atoms with Crippen molar-refractivity contribution in [3.63, 3.8) is 0 Å². The van der Waals surface area contributed by atoms with E-state index in [9.17, 15) is 8.42 Å². The zero-order chi connectivity index (χ0) is 14.6. The van der Waals surface area contributed by atoms with Crippen molar-refractivity contribution in [1.82, 2.24) is 10.2 Å². The maximum Gasteiger partial charge on any atom is 0.179 e. The van der Waals surface area contributed by atoms with Gasteiger partial charge in [-0.2, -0.15) is 0 Å². The highest BCUT2D eigenvalue weighted by molar-refractivity contribution is 9.10. The van der Waals surface area contributed by atoms with Crippen LogP contribution in [0.15, 0.2) is 33.6 Å². The summed E-state index contributed by atoms with van der Waals surface area (Å²) in [4.78, 5) is 2.64. The fourth-order valence-corrected chi connectivity index (χ4v) is 4.05. The highest BCUT2D eigenvalue weighted by atomic mass is 79.9. The Balaban J connectivity index is 0.00000220. The third-order valence-electron chi connectivity index (χ3n) is 3.76. The normalized spacial score (nSPS) is 20.0. The van der Waals surface area contributed by atoms with Crippen molar-refractivity contribution < 1.29 is 8.42 Å². The summed E-state index contributed by atoms with van der Waals surface area (Å²) in [5.41, 5.74) is 0. The first-order valence-electron chi connectivity index (χ1n) is 6.89. The van der Waals surface area contributed by atoms with E-state index >= 15 is 0 Å². The summed E-state index contributed by atoms with van der Waals surface area (Å²) in [5.74, 6) is 0.186. The topological polar surface area (TPSA) is 49.4 Å². The van der Waals surface area contributed by atoms with Gasteiger partial charge >= 0.3 is 0 Å². The lowest BCUT2D eigenvalue weighted by atomic mass is 10.1. The van der Waals surface area contributed by atoms with E-state index in [4.69, 9.17) is 0 Å². The lowest BCUT2D eigenvalue weighted by molar-refractivity contribution is 0.205. The number of hydrogen-bond acceptors (Lipinski definition) is 4. The van der Waals surface area contributed by atoms with Crippen LogP contribution in [0.5, 0.6) is 0 Å². The zero-order valence-electron chi connectivity index (χ0n) is 12.1. The fourth-order valence-electron chi connectivity index (χ4n) is 2.50.